The molecule has 0 bridgehead atoms. The average molecular weight is 379 g/mol. The van der Waals surface area contributed by atoms with Crippen LogP contribution in [-0.2, 0) is 11.3 Å². The normalized spacial score (nSPS) is 22.0. The van der Waals surface area contributed by atoms with Crippen molar-refractivity contribution >= 4 is 11.8 Å². The fourth-order valence-electron chi connectivity index (χ4n) is 4.30. The average Bonchev–Trinajstić information content (AvgIpc) is 3.10. The molecule has 6 nitrogen and oxygen atoms in total. The Morgan fingerprint density at radius 2 is 2.00 bits per heavy atom. The first-order valence-corrected chi connectivity index (χ1v) is 9.78. The van der Waals surface area contributed by atoms with Crippen molar-refractivity contribution in [1.29, 1.82) is 0 Å². The summed E-state index contributed by atoms with van der Waals surface area (Å²) in [6.45, 7) is 1.87. The molecule has 0 saturated carbocycles. The molecule has 2 fully saturated rings. The lowest BCUT2D eigenvalue weighted by molar-refractivity contribution is -0.133. The van der Waals surface area contributed by atoms with E-state index in [9.17, 15) is 9.59 Å². The third kappa shape index (κ3) is 3.72. The van der Waals surface area contributed by atoms with Crippen LogP contribution in [-0.4, -0.2) is 52.8 Å². The molecule has 2 saturated heterocycles. The Bertz CT molecular complexity index is 838. The SMILES string of the molecule is COc1ccc(C(=O)N2C[C@H]3CCCC(=O)N(Cc4ccccc4)[C@H]3C2)cn1. The van der Waals surface area contributed by atoms with E-state index in [1.807, 2.05) is 40.1 Å². The number of rotatable bonds is 4. The second-order valence-corrected chi connectivity index (χ2v) is 7.53. The van der Waals surface area contributed by atoms with Crippen LogP contribution in [0.25, 0.3) is 0 Å². The molecule has 0 N–H and O–H groups in total. The number of amides is 2. The summed E-state index contributed by atoms with van der Waals surface area (Å²) in [6.07, 6.45) is 4.02. The van der Waals surface area contributed by atoms with Crippen molar-refractivity contribution < 1.29 is 14.3 Å². The monoisotopic (exact) mass is 379 g/mol. The Labute approximate surface area is 165 Å². The van der Waals surface area contributed by atoms with Gasteiger partial charge in [0.15, 0.2) is 0 Å². The highest BCUT2D eigenvalue weighted by Crippen LogP contribution is 2.32. The van der Waals surface area contributed by atoms with Gasteiger partial charge in [-0.25, -0.2) is 4.98 Å². The first-order chi connectivity index (χ1) is 13.7. The topological polar surface area (TPSA) is 62.7 Å². The van der Waals surface area contributed by atoms with Gasteiger partial charge in [-0.15, -0.1) is 0 Å². The molecule has 0 spiro atoms. The van der Waals surface area contributed by atoms with E-state index in [0.29, 0.717) is 43.4 Å². The van der Waals surface area contributed by atoms with Crippen LogP contribution in [0.15, 0.2) is 48.7 Å². The molecule has 1 aromatic carbocycles. The van der Waals surface area contributed by atoms with Gasteiger partial charge in [0.2, 0.25) is 11.8 Å². The lowest BCUT2D eigenvalue weighted by Gasteiger charge is -2.30. The molecule has 6 heteroatoms. The van der Waals surface area contributed by atoms with Crippen LogP contribution >= 0.6 is 0 Å². The highest BCUT2D eigenvalue weighted by molar-refractivity contribution is 5.94. The minimum Gasteiger partial charge on any atom is -0.481 e. The fraction of sp³-hybridized carbons (Fsp3) is 0.409. The van der Waals surface area contributed by atoms with Gasteiger partial charge in [-0.05, 0) is 30.4 Å². The molecule has 2 amide bonds. The maximum absolute atomic E-state index is 13.0. The summed E-state index contributed by atoms with van der Waals surface area (Å²) in [6, 6.07) is 13.6. The van der Waals surface area contributed by atoms with E-state index >= 15 is 0 Å². The predicted octanol–water partition coefficient (Wildman–Crippen LogP) is 2.74. The van der Waals surface area contributed by atoms with E-state index in [1.165, 1.54) is 0 Å². The van der Waals surface area contributed by atoms with E-state index in [4.69, 9.17) is 4.74 Å². The third-order valence-corrected chi connectivity index (χ3v) is 5.77. The molecule has 2 aliphatic heterocycles. The minimum absolute atomic E-state index is 0.0321. The summed E-state index contributed by atoms with van der Waals surface area (Å²) in [5.74, 6) is 0.972. The van der Waals surface area contributed by atoms with E-state index in [2.05, 4.69) is 4.98 Å². The van der Waals surface area contributed by atoms with Crippen molar-refractivity contribution in [2.45, 2.75) is 31.8 Å². The van der Waals surface area contributed by atoms with Crippen LogP contribution in [0.3, 0.4) is 0 Å². The Balaban J connectivity index is 1.52. The molecule has 3 heterocycles. The van der Waals surface area contributed by atoms with E-state index < -0.39 is 0 Å². The number of carbonyl (C=O) groups excluding carboxylic acids is 2. The van der Waals surface area contributed by atoms with E-state index in [-0.39, 0.29) is 17.9 Å². The third-order valence-electron chi connectivity index (χ3n) is 5.77. The van der Waals surface area contributed by atoms with Gasteiger partial charge in [-0.2, -0.15) is 0 Å². The Morgan fingerprint density at radius 3 is 2.71 bits per heavy atom. The zero-order valence-corrected chi connectivity index (χ0v) is 16.1. The summed E-state index contributed by atoms with van der Waals surface area (Å²) in [5.41, 5.74) is 1.68. The van der Waals surface area contributed by atoms with E-state index in [0.717, 1.165) is 18.4 Å². The molecule has 0 unspecified atom stereocenters. The molecule has 0 radical (unpaired) electrons. The first-order valence-electron chi connectivity index (χ1n) is 9.78. The summed E-state index contributed by atoms with van der Waals surface area (Å²) in [4.78, 5) is 33.7. The number of carbonyl (C=O) groups is 2. The van der Waals surface area contributed by atoms with Crippen molar-refractivity contribution in [3.8, 4) is 5.88 Å². The van der Waals surface area contributed by atoms with Crippen LogP contribution in [0.1, 0.15) is 35.2 Å². The quantitative estimate of drug-likeness (QED) is 0.820. The number of hydrogen-bond acceptors (Lipinski definition) is 4. The number of hydrogen-bond donors (Lipinski definition) is 0. The molecule has 146 valence electrons. The van der Waals surface area contributed by atoms with Crippen LogP contribution in [0.2, 0.25) is 0 Å². The van der Waals surface area contributed by atoms with E-state index in [1.54, 1.807) is 25.4 Å². The summed E-state index contributed by atoms with van der Waals surface area (Å²) >= 11 is 0. The zero-order valence-electron chi connectivity index (χ0n) is 16.1. The second kappa shape index (κ2) is 8.00. The molecule has 28 heavy (non-hydrogen) atoms. The van der Waals surface area contributed by atoms with Gasteiger partial charge in [0.05, 0.1) is 18.7 Å². The molecular weight excluding hydrogens is 354 g/mol. The molecule has 0 aliphatic carbocycles. The van der Waals surface area contributed by atoms with Gasteiger partial charge in [0.25, 0.3) is 5.91 Å². The number of aromatic nitrogens is 1. The summed E-state index contributed by atoms with van der Waals surface area (Å²) in [5, 5.41) is 0. The van der Waals surface area contributed by atoms with Crippen LogP contribution in [0.5, 0.6) is 5.88 Å². The van der Waals surface area contributed by atoms with Crippen molar-refractivity contribution in [1.82, 2.24) is 14.8 Å². The number of likely N-dealkylation sites (tertiary alicyclic amines) is 2. The fourth-order valence-corrected chi connectivity index (χ4v) is 4.30. The Kier molecular flexibility index (Phi) is 5.28. The smallest absolute Gasteiger partial charge is 0.255 e. The molecule has 2 aromatic rings. The largest absolute Gasteiger partial charge is 0.481 e. The molecule has 4 rings (SSSR count). The van der Waals surface area contributed by atoms with Crippen molar-refractivity contribution in [2.24, 2.45) is 5.92 Å². The predicted molar refractivity (Wildman–Crippen MR) is 105 cm³/mol. The molecule has 1 aromatic heterocycles. The number of methoxy groups -OCH3 is 1. The molecule has 2 atom stereocenters. The maximum atomic E-state index is 13.0. The second-order valence-electron chi connectivity index (χ2n) is 7.53. The zero-order chi connectivity index (χ0) is 19.5. The number of nitrogens with zero attached hydrogens (tertiary/aromatic N) is 3. The molecule has 2 aliphatic rings. The summed E-state index contributed by atoms with van der Waals surface area (Å²) < 4.78 is 5.07. The first kappa shape index (κ1) is 18.5. The van der Waals surface area contributed by atoms with Gasteiger partial charge in [-0.3, -0.25) is 9.59 Å². The van der Waals surface area contributed by atoms with Crippen molar-refractivity contribution in [3.05, 3.63) is 59.8 Å². The highest BCUT2D eigenvalue weighted by Gasteiger charge is 2.41. The number of pyridine rings is 1. The Morgan fingerprint density at radius 1 is 1.18 bits per heavy atom. The van der Waals surface area contributed by atoms with Crippen LogP contribution in [0, 0.1) is 5.92 Å². The van der Waals surface area contributed by atoms with Gasteiger partial charge < -0.3 is 14.5 Å². The van der Waals surface area contributed by atoms with Gasteiger partial charge >= 0.3 is 0 Å². The minimum atomic E-state index is -0.0321. The van der Waals surface area contributed by atoms with Crippen LogP contribution in [0.4, 0.5) is 0 Å². The van der Waals surface area contributed by atoms with Crippen molar-refractivity contribution in [3.63, 3.8) is 0 Å². The number of ether oxygens (including phenoxy) is 1. The van der Waals surface area contributed by atoms with Gasteiger partial charge in [-0.1, -0.05) is 30.3 Å². The number of fused-ring (bicyclic) bond motifs is 1. The Hall–Kier alpha value is -2.89. The van der Waals surface area contributed by atoms with Gasteiger partial charge in [0.1, 0.15) is 0 Å². The standard InChI is InChI=1S/C22H25N3O3/c1-28-20-11-10-17(12-23-20)22(27)24-14-18-8-5-9-21(26)25(19(18)15-24)13-16-6-3-2-4-7-16/h2-4,6-7,10-12,18-19H,5,8-9,13-15H2,1H3/t18-,19+/m1/s1. The lowest BCUT2D eigenvalue weighted by Crippen LogP contribution is -2.43. The highest BCUT2D eigenvalue weighted by atomic mass is 16.5. The van der Waals surface area contributed by atoms with Crippen molar-refractivity contribution in [2.75, 3.05) is 20.2 Å². The lowest BCUT2D eigenvalue weighted by atomic mass is 9.98. The maximum Gasteiger partial charge on any atom is 0.255 e. The summed E-state index contributed by atoms with van der Waals surface area (Å²) in [7, 11) is 1.55. The number of benzene rings is 1. The molecular formula is C22H25N3O3. The van der Waals surface area contributed by atoms with Crippen LogP contribution < -0.4 is 4.74 Å². The van der Waals surface area contributed by atoms with Gasteiger partial charge in [0, 0.05) is 38.3 Å².